The molecule has 2 atom stereocenters. The Kier molecular flexibility index (Phi) is 4.17. The lowest BCUT2D eigenvalue weighted by Crippen LogP contribution is -2.45. The van der Waals surface area contributed by atoms with Gasteiger partial charge < -0.3 is 0 Å². The van der Waals surface area contributed by atoms with Crippen LogP contribution in [0.5, 0.6) is 0 Å². The molecule has 1 nitrogen and oxygen atoms in total. The van der Waals surface area contributed by atoms with E-state index < -0.39 is 0 Å². The molecule has 0 aromatic heterocycles. The topological polar surface area (TPSA) is 3.24 Å². The van der Waals surface area contributed by atoms with Crippen molar-refractivity contribution in [1.29, 1.82) is 0 Å². The molecular weight excluding hydrogens is 165 g/mol. The molecule has 1 heterocycles. The first kappa shape index (κ1) is 11.0. The number of alkyl halides is 1. The number of hydrogen-bond acceptors (Lipinski definition) is 1. The number of likely N-dealkylation sites (tertiary alicyclic amines) is 1. The third kappa shape index (κ3) is 2.67. The smallest absolute Gasteiger partial charge is 0.102 e. The summed E-state index contributed by atoms with van der Waals surface area (Å²) in [5.74, 6) is 1.50. The van der Waals surface area contributed by atoms with Crippen LogP contribution in [0, 0.1) is 11.8 Å². The molecule has 0 radical (unpaired) electrons. The monoisotopic (exact) mass is 187 g/mol. The Morgan fingerprint density at radius 3 is 2.69 bits per heavy atom. The van der Waals surface area contributed by atoms with Crippen LogP contribution in [-0.2, 0) is 0 Å². The minimum absolute atomic E-state index is 0.199. The van der Waals surface area contributed by atoms with E-state index in [1.807, 2.05) is 0 Å². The fourth-order valence-electron chi connectivity index (χ4n) is 2.56. The molecule has 13 heavy (non-hydrogen) atoms. The lowest BCUT2D eigenvalue weighted by atomic mass is 9.82. The Bertz CT molecular complexity index is 145. The lowest BCUT2D eigenvalue weighted by Gasteiger charge is -2.41. The third-order valence-corrected chi connectivity index (χ3v) is 3.41. The quantitative estimate of drug-likeness (QED) is 0.656. The first-order valence-electron chi connectivity index (χ1n) is 5.46. The summed E-state index contributed by atoms with van der Waals surface area (Å²) in [4.78, 5) is 2.30. The van der Waals surface area contributed by atoms with Crippen molar-refractivity contribution in [2.75, 3.05) is 19.8 Å². The maximum Gasteiger partial charge on any atom is 0.102 e. The lowest BCUT2D eigenvalue weighted by molar-refractivity contribution is 0.0741. The van der Waals surface area contributed by atoms with Crippen molar-refractivity contribution in [3.8, 4) is 0 Å². The molecular formula is C11H22FN. The first-order chi connectivity index (χ1) is 6.16. The standard InChI is InChI=1S/C11H22FN/c1-9(2)11-5-4-7-13(8-6-12)10(11)3/h9-11H,4-8H2,1-3H3. The van der Waals surface area contributed by atoms with E-state index in [1.165, 1.54) is 12.8 Å². The molecule has 1 aliphatic heterocycles. The summed E-state index contributed by atoms with van der Waals surface area (Å²) in [6, 6.07) is 0.574. The highest BCUT2D eigenvalue weighted by Gasteiger charge is 2.29. The molecule has 0 N–H and O–H groups in total. The van der Waals surface area contributed by atoms with Crippen LogP contribution >= 0.6 is 0 Å². The van der Waals surface area contributed by atoms with Gasteiger partial charge in [0.1, 0.15) is 6.67 Å². The van der Waals surface area contributed by atoms with Crippen molar-refractivity contribution < 1.29 is 4.39 Å². The third-order valence-electron chi connectivity index (χ3n) is 3.41. The fraction of sp³-hybridized carbons (Fsp3) is 1.00. The van der Waals surface area contributed by atoms with E-state index in [4.69, 9.17) is 0 Å². The van der Waals surface area contributed by atoms with E-state index in [2.05, 4.69) is 25.7 Å². The first-order valence-corrected chi connectivity index (χ1v) is 5.46. The molecule has 2 unspecified atom stereocenters. The molecule has 0 aliphatic carbocycles. The molecule has 1 aliphatic rings. The van der Waals surface area contributed by atoms with Gasteiger partial charge in [-0.05, 0) is 38.1 Å². The van der Waals surface area contributed by atoms with Gasteiger partial charge in [-0.1, -0.05) is 13.8 Å². The highest BCUT2D eigenvalue weighted by molar-refractivity contribution is 4.82. The minimum atomic E-state index is -0.199. The molecule has 78 valence electrons. The molecule has 2 heteroatoms. The number of rotatable bonds is 3. The maximum absolute atomic E-state index is 12.2. The molecule has 0 bridgehead atoms. The number of nitrogens with zero attached hydrogens (tertiary/aromatic N) is 1. The zero-order chi connectivity index (χ0) is 9.84. The van der Waals surface area contributed by atoms with Crippen molar-refractivity contribution in [3.05, 3.63) is 0 Å². The molecule has 1 fully saturated rings. The minimum Gasteiger partial charge on any atom is -0.298 e. The Labute approximate surface area is 81.3 Å². The molecule has 1 saturated heterocycles. The van der Waals surface area contributed by atoms with Crippen LogP contribution in [0.1, 0.15) is 33.6 Å². The van der Waals surface area contributed by atoms with Crippen LogP contribution in [-0.4, -0.2) is 30.7 Å². The molecule has 1 rings (SSSR count). The number of piperidine rings is 1. The van der Waals surface area contributed by atoms with E-state index in [1.54, 1.807) is 0 Å². The van der Waals surface area contributed by atoms with Gasteiger partial charge in [0.25, 0.3) is 0 Å². The van der Waals surface area contributed by atoms with E-state index in [-0.39, 0.29) is 6.67 Å². The van der Waals surface area contributed by atoms with Crippen LogP contribution in [0.4, 0.5) is 4.39 Å². The van der Waals surface area contributed by atoms with E-state index in [0.29, 0.717) is 12.6 Å². The van der Waals surface area contributed by atoms with Crippen LogP contribution < -0.4 is 0 Å². The number of halogens is 1. The van der Waals surface area contributed by atoms with Gasteiger partial charge in [-0.15, -0.1) is 0 Å². The average molecular weight is 187 g/mol. The molecule has 0 aromatic rings. The van der Waals surface area contributed by atoms with Crippen molar-refractivity contribution in [2.24, 2.45) is 11.8 Å². The average Bonchev–Trinajstić information content (AvgIpc) is 2.08. The van der Waals surface area contributed by atoms with Gasteiger partial charge in [0.05, 0.1) is 0 Å². The Hall–Kier alpha value is -0.110. The highest BCUT2D eigenvalue weighted by Crippen LogP contribution is 2.29. The second kappa shape index (κ2) is 4.94. The Morgan fingerprint density at radius 2 is 2.15 bits per heavy atom. The predicted molar refractivity (Wildman–Crippen MR) is 54.6 cm³/mol. The van der Waals surface area contributed by atoms with Crippen LogP contribution in [0.25, 0.3) is 0 Å². The number of hydrogen-bond donors (Lipinski definition) is 0. The molecule has 0 aromatic carbocycles. The van der Waals surface area contributed by atoms with Gasteiger partial charge >= 0.3 is 0 Å². The maximum atomic E-state index is 12.2. The van der Waals surface area contributed by atoms with Gasteiger partial charge in [0.15, 0.2) is 0 Å². The van der Waals surface area contributed by atoms with Gasteiger partial charge in [-0.2, -0.15) is 0 Å². The van der Waals surface area contributed by atoms with Crippen molar-refractivity contribution in [2.45, 2.75) is 39.7 Å². The van der Waals surface area contributed by atoms with Crippen LogP contribution in [0.3, 0.4) is 0 Å². The molecule has 0 spiro atoms. The summed E-state index contributed by atoms with van der Waals surface area (Å²) < 4.78 is 12.2. The van der Waals surface area contributed by atoms with Crippen molar-refractivity contribution in [3.63, 3.8) is 0 Å². The Morgan fingerprint density at radius 1 is 1.46 bits per heavy atom. The highest BCUT2D eigenvalue weighted by atomic mass is 19.1. The van der Waals surface area contributed by atoms with E-state index in [9.17, 15) is 4.39 Å². The zero-order valence-corrected chi connectivity index (χ0v) is 9.09. The summed E-state index contributed by atoms with van der Waals surface area (Å²) in [6.07, 6.45) is 2.56. The zero-order valence-electron chi connectivity index (χ0n) is 9.09. The normalized spacial score (nSPS) is 31.2. The Balaban J connectivity index is 2.49. The summed E-state index contributed by atoms with van der Waals surface area (Å²) in [7, 11) is 0. The van der Waals surface area contributed by atoms with Crippen molar-refractivity contribution in [1.82, 2.24) is 4.90 Å². The summed E-state index contributed by atoms with van der Waals surface area (Å²) in [6.45, 7) is 8.33. The molecule has 0 amide bonds. The van der Waals surface area contributed by atoms with Crippen LogP contribution in [0.2, 0.25) is 0 Å². The second-order valence-corrected chi connectivity index (χ2v) is 4.52. The van der Waals surface area contributed by atoms with Crippen molar-refractivity contribution >= 4 is 0 Å². The fourth-order valence-corrected chi connectivity index (χ4v) is 2.56. The van der Waals surface area contributed by atoms with Gasteiger partial charge in [-0.25, -0.2) is 4.39 Å². The summed E-state index contributed by atoms with van der Waals surface area (Å²) in [5, 5.41) is 0. The van der Waals surface area contributed by atoms with E-state index >= 15 is 0 Å². The predicted octanol–water partition coefficient (Wildman–Crippen LogP) is 2.71. The van der Waals surface area contributed by atoms with Crippen LogP contribution in [0.15, 0.2) is 0 Å². The SMILES string of the molecule is CC(C)C1CCCN(CCF)C1C. The van der Waals surface area contributed by atoms with Gasteiger partial charge in [0, 0.05) is 12.6 Å². The second-order valence-electron chi connectivity index (χ2n) is 4.52. The molecule has 0 saturated carbocycles. The van der Waals surface area contributed by atoms with Gasteiger partial charge in [-0.3, -0.25) is 4.90 Å². The summed E-state index contributed by atoms with van der Waals surface area (Å²) in [5.41, 5.74) is 0. The largest absolute Gasteiger partial charge is 0.298 e. The van der Waals surface area contributed by atoms with E-state index in [0.717, 1.165) is 18.4 Å². The summed E-state index contributed by atoms with van der Waals surface area (Å²) >= 11 is 0. The van der Waals surface area contributed by atoms with Gasteiger partial charge in [0.2, 0.25) is 0 Å².